The Hall–Kier alpha value is -1.55. The number of fused-ring (bicyclic) bond motifs is 1. The molecule has 0 radical (unpaired) electrons. The lowest BCUT2D eigenvalue weighted by Gasteiger charge is -2.07. The first-order chi connectivity index (χ1) is 7.42. The average Bonchev–Trinajstić information content (AvgIpc) is 2.86. The maximum absolute atomic E-state index is 5.73. The van der Waals surface area contributed by atoms with Gasteiger partial charge in [-0.15, -0.1) is 0 Å². The first-order valence-corrected chi connectivity index (χ1v) is 5.24. The summed E-state index contributed by atoms with van der Waals surface area (Å²) in [5, 5.41) is 3.26. The van der Waals surface area contributed by atoms with Crippen molar-refractivity contribution >= 4 is 11.0 Å². The molecule has 78 valence electrons. The van der Waals surface area contributed by atoms with Gasteiger partial charge in [-0.05, 0) is 25.1 Å². The fourth-order valence-corrected chi connectivity index (χ4v) is 1.87. The summed E-state index contributed by atoms with van der Waals surface area (Å²) >= 11 is 0. The molecule has 2 N–H and O–H groups in total. The zero-order valence-corrected chi connectivity index (χ0v) is 8.36. The summed E-state index contributed by atoms with van der Waals surface area (Å²) in [5.74, 6) is 0. The second kappa shape index (κ2) is 3.55. The highest BCUT2D eigenvalue weighted by Crippen LogP contribution is 2.17. The molecule has 0 unspecified atom stereocenters. The van der Waals surface area contributed by atoms with E-state index in [4.69, 9.17) is 4.74 Å². The lowest BCUT2D eigenvalue weighted by atomic mass is 10.3. The molecule has 4 nitrogen and oxygen atoms in total. The van der Waals surface area contributed by atoms with Crippen LogP contribution in [0.5, 0.6) is 6.01 Å². The number of ether oxygens (including phenoxy) is 1. The topological polar surface area (TPSA) is 49.9 Å². The lowest BCUT2D eigenvalue weighted by molar-refractivity contribution is 0.207. The van der Waals surface area contributed by atoms with Crippen LogP contribution in [0.4, 0.5) is 0 Å². The van der Waals surface area contributed by atoms with Gasteiger partial charge < -0.3 is 15.0 Å². The number of aromatic amines is 1. The Balaban J connectivity index is 1.84. The van der Waals surface area contributed by atoms with Gasteiger partial charge in [0, 0.05) is 6.54 Å². The van der Waals surface area contributed by atoms with Crippen molar-refractivity contribution in [3.8, 4) is 6.01 Å². The van der Waals surface area contributed by atoms with Gasteiger partial charge >= 0.3 is 0 Å². The van der Waals surface area contributed by atoms with Crippen molar-refractivity contribution in [3.63, 3.8) is 0 Å². The van der Waals surface area contributed by atoms with E-state index < -0.39 is 0 Å². The predicted molar refractivity (Wildman–Crippen MR) is 58.0 cm³/mol. The molecule has 15 heavy (non-hydrogen) atoms. The smallest absolute Gasteiger partial charge is 0.294 e. The molecule has 1 aromatic carbocycles. The van der Waals surface area contributed by atoms with Crippen LogP contribution in [-0.4, -0.2) is 29.2 Å². The van der Waals surface area contributed by atoms with Crippen LogP contribution in [-0.2, 0) is 0 Å². The van der Waals surface area contributed by atoms with Crippen LogP contribution in [0.15, 0.2) is 24.3 Å². The third-order valence-electron chi connectivity index (χ3n) is 2.66. The van der Waals surface area contributed by atoms with E-state index in [2.05, 4.69) is 15.3 Å². The molecule has 2 heterocycles. The number of hydrogen-bond acceptors (Lipinski definition) is 3. The number of nitrogens with one attached hydrogen (secondary N) is 2. The van der Waals surface area contributed by atoms with Crippen molar-refractivity contribution in [3.05, 3.63) is 24.3 Å². The molecule has 4 heteroatoms. The monoisotopic (exact) mass is 203 g/mol. The zero-order valence-electron chi connectivity index (χ0n) is 8.36. The Labute approximate surface area is 87.7 Å². The van der Waals surface area contributed by atoms with E-state index in [9.17, 15) is 0 Å². The predicted octanol–water partition coefficient (Wildman–Crippen LogP) is 1.30. The van der Waals surface area contributed by atoms with Gasteiger partial charge in [0.15, 0.2) is 0 Å². The largest absolute Gasteiger partial charge is 0.460 e. The van der Waals surface area contributed by atoms with Crippen LogP contribution in [0.2, 0.25) is 0 Å². The Morgan fingerprint density at radius 2 is 2.27 bits per heavy atom. The van der Waals surface area contributed by atoms with Crippen LogP contribution in [0.3, 0.4) is 0 Å². The molecule has 0 bridgehead atoms. The van der Waals surface area contributed by atoms with Gasteiger partial charge in [-0.2, -0.15) is 4.98 Å². The van der Waals surface area contributed by atoms with Gasteiger partial charge in [0.2, 0.25) is 0 Å². The van der Waals surface area contributed by atoms with Gasteiger partial charge in [0.1, 0.15) is 6.10 Å². The molecule has 1 aromatic heterocycles. The van der Waals surface area contributed by atoms with E-state index in [0.717, 1.165) is 30.5 Å². The number of hydrogen-bond donors (Lipinski definition) is 2. The quantitative estimate of drug-likeness (QED) is 0.773. The first kappa shape index (κ1) is 8.73. The SMILES string of the molecule is c1ccc2[nH]c(O[C@@H]3CCNC3)nc2c1. The Morgan fingerprint density at radius 3 is 3.07 bits per heavy atom. The van der Waals surface area contributed by atoms with Gasteiger partial charge in [0.25, 0.3) is 6.01 Å². The molecule has 2 aromatic rings. The molecule has 1 aliphatic rings. The number of rotatable bonds is 2. The van der Waals surface area contributed by atoms with E-state index in [-0.39, 0.29) is 6.10 Å². The van der Waals surface area contributed by atoms with Gasteiger partial charge in [-0.3, -0.25) is 0 Å². The summed E-state index contributed by atoms with van der Waals surface area (Å²) in [4.78, 5) is 7.53. The van der Waals surface area contributed by atoms with Crippen LogP contribution < -0.4 is 10.1 Å². The summed E-state index contributed by atoms with van der Waals surface area (Å²) in [6.45, 7) is 1.95. The molecule has 1 atom stereocenters. The maximum atomic E-state index is 5.73. The molecule has 1 saturated heterocycles. The van der Waals surface area contributed by atoms with Crippen molar-refractivity contribution in [2.45, 2.75) is 12.5 Å². The van der Waals surface area contributed by atoms with Crippen molar-refractivity contribution in [2.24, 2.45) is 0 Å². The Kier molecular flexibility index (Phi) is 2.07. The van der Waals surface area contributed by atoms with E-state index in [1.807, 2.05) is 24.3 Å². The van der Waals surface area contributed by atoms with Crippen molar-refractivity contribution in [1.82, 2.24) is 15.3 Å². The van der Waals surface area contributed by atoms with Crippen LogP contribution in [0.25, 0.3) is 11.0 Å². The number of nitrogens with zero attached hydrogens (tertiary/aromatic N) is 1. The molecule has 1 aliphatic heterocycles. The molecule has 0 spiro atoms. The molecule has 0 aliphatic carbocycles. The second-order valence-electron chi connectivity index (χ2n) is 3.79. The fraction of sp³-hybridized carbons (Fsp3) is 0.364. The zero-order chi connectivity index (χ0) is 10.1. The van der Waals surface area contributed by atoms with E-state index in [0.29, 0.717) is 6.01 Å². The Morgan fingerprint density at radius 1 is 1.33 bits per heavy atom. The van der Waals surface area contributed by atoms with Crippen molar-refractivity contribution < 1.29 is 4.74 Å². The highest BCUT2D eigenvalue weighted by Gasteiger charge is 2.17. The van der Waals surface area contributed by atoms with E-state index >= 15 is 0 Å². The molecule has 1 fully saturated rings. The van der Waals surface area contributed by atoms with Gasteiger partial charge in [0.05, 0.1) is 11.0 Å². The summed E-state index contributed by atoms with van der Waals surface area (Å²) in [7, 11) is 0. The number of benzene rings is 1. The van der Waals surface area contributed by atoms with Crippen LogP contribution in [0.1, 0.15) is 6.42 Å². The third-order valence-corrected chi connectivity index (χ3v) is 2.66. The summed E-state index contributed by atoms with van der Waals surface area (Å²) in [5.41, 5.74) is 1.98. The number of imidazole rings is 1. The van der Waals surface area contributed by atoms with E-state index in [1.165, 1.54) is 0 Å². The van der Waals surface area contributed by atoms with Gasteiger partial charge in [-0.25, -0.2) is 0 Å². The minimum absolute atomic E-state index is 0.255. The van der Waals surface area contributed by atoms with Crippen molar-refractivity contribution in [2.75, 3.05) is 13.1 Å². The lowest BCUT2D eigenvalue weighted by Crippen LogP contribution is -2.20. The minimum atomic E-state index is 0.255. The summed E-state index contributed by atoms with van der Waals surface area (Å²) in [6, 6.07) is 8.57. The Bertz CT molecular complexity index is 427. The highest BCUT2D eigenvalue weighted by atomic mass is 16.5. The number of aromatic nitrogens is 2. The fourth-order valence-electron chi connectivity index (χ4n) is 1.87. The third kappa shape index (κ3) is 1.68. The number of para-hydroxylation sites is 2. The molecule has 0 saturated carbocycles. The maximum Gasteiger partial charge on any atom is 0.294 e. The van der Waals surface area contributed by atoms with Crippen LogP contribution >= 0.6 is 0 Å². The summed E-state index contributed by atoms with van der Waals surface area (Å²) < 4.78 is 5.73. The molecule has 0 amide bonds. The molecule has 3 rings (SSSR count). The standard InChI is InChI=1S/C11H13N3O/c1-2-4-10-9(3-1)13-11(14-10)15-8-5-6-12-7-8/h1-4,8,12H,5-7H2,(H,13,14)/t8-/m1/s1. The van der Waals surface area contributed by atoms with Gasteiger partial charge in [-0.1, -0.05) is 12.1 Å². The molecular weight excluding hydrogens is 190 g/mol. The highest BCUT2D eigenvalue weighted by molar-refractivity contribution is 5.75. The molecular formula is C11H13N3O. The second-order valence-corrected chi connectivity index (χ2v) is 3.79. The number of H-pyrrole nitrogens is 1. The van der Waals surface area contributed by atoms with E-state index in [1.54, 1.807) is 0 Å². The summed E-state index contributed by atoms with van der Waals surface area (Å²) in [6.07, 6.45) is 1.31. The van der Waals surface area contributed by atoms with Crippen LogP contribution in [0, 0.1) is 0 Å². The minimum Gasteiger partial charge on any atom is -0.460 e. The average molecular weight is 203 g/mol. The van der Waals surface area contributed by atoms with Crippen molar-refractivity contribution in [1.29, 1.82) is 0 Å². The first-order valence-electron chi connectivity index (χ1n) is 5.24. The normalized spacial score (nSPS) is 20.9.